The van der Waals surface area contributed by atoms with Crippen LogP contribution in [0.25, 0.3) is 0 Å². The summed E-state index contributed by atoms with van der Waals surface area (Å²) in [5.41, 5.74) is 0.0381. The monoisotopic (exact) mass is 296 g/mol. The number of thioether (sulfide) groups is 1. The summed E-state index contributed by atoms with van der Waals surface area (Å²) >= 11 is 1.91. The molecule has 20 heavy (non-hydrogen) atoms. The third-order valence-electron chi connectivity index (χ3n) is 3.48. The highest BCUT2D eigenvalue weighted by atomic mass is 32.2. The van der Waals surface area contributed by atoms with Crippen LogP contribution in [0.15, 0.2) is 12.1 Å². The molecule has 0 radical (unpaired) electrons. The summed E-state index contributed by atoms with van der Waals surface area (Å²) in [7, 11) is 1.75. The van der Waals surface area contributed by atoms with E-state index in [-0.39, 0.29) is 16.7 Å². The Kier molecular flexibility index (Phi) is 5.05. The summed E-state index contributed by atoms with van der Waals surface area (Å²) in [5.74, 6) is 2.07. The van der Waals surface area contributed by atoms with Gasteiger partial charge in [0.05, 0.1) is 4.92 Å². The van der Waals surface area contributed by atoms with Crippen LogP contribution in [-0.4, -0.2) is 34.0 Å². The van der Waals surface area contributed by atoms with Crippen molar-refractivity contribution in [3.05, 3.63) is 22.2 Å². The van der Waals surface area contributed by atoms with Gasteiger partial charge in [0.1, 0.15) is 5.82 Å². The van der Waals surface area contributed by atoms with Crippen molar-refractivity contribution in [1.82, 2.24) is 4.98 Å². The number of nitrogens with one attached hydrogen (secondary N) is 2. The summed E-state index contributed by atoms with van der Waals surface area (Å²) in [4.78, 5) is 15.0. The normalized spacial score (nSPS) is 21.7. The Hall–Kier alpha value is -1.50. The predicted molar refractivity (Wildman–Crippen MR) is 83.6 cm³/mol. The Balaban J connectivity index is 2.20. The fourth-order valence-corrected chi connectivity index (χ4v) is 3.72. The number of nitrogens with zero attached hydrogens (tertiary/aromatic N) is 2. The maximum absolute atomic E-state index is 11.1. The maximum atomic E-state index is 11.1. The molecule has 2 unspecified atom stereocenters. The Labute approximate surface area is 122 Å². The van der Waals surface area contributed by atoms with Crippen LogP contribution >= 0.6 is 11.8 Å². The van der Waals surface area contributed by atoms with Gasteiger partial charge in [0.2, 0.25) is 5.82 Å². The van der Waals surface area contributed by atoms with Gasteiger partial charge in [-0.15, -0.1) is 0 Å². The first-order chi connectivity index (χ1) is 9.65. The average molecular weight is 296 g/mol. The molecule has 0 aliphatic heterocycles. The van der Waals surface area contributed by atoms with Crippen molar-refractivity contribution in [2.75, 3.05) is 23.4 Å². The number of pyridine rings is 1. The van der Waals surface area contributed by atoms with E-state index in [0.717, 1.165) is 25.0 Å². The van der Waals surface area contributed by atoms with Gasteiger partial charge in [0, 0.05) is 24.4 Å². The molecule has 1 heterocycles. The topological polar surface area (TPSA) is 80.1 Å². The minimum Gasteiger partial charge on any atom is -0.373 e. The standard InChI is InChI=1S/C13H20N4O2S/c1-3-20-11-6-4-5-9(11)15-13-10(17(18)19)7-8-12(14-2)16-13/h7-9,11H,3-6H2,1-2H3,(H2,14,15,16). The van der Waals surface area contributed by atoms with Crippen molar-refractivity contribution in [3.8, 4) is 0 Å². The summed E-state index contributed by atoms with van der Waals surface area (Å²) in [6, 6.07) is 3.38. The van der Waals surface area contributed by atoms with E-state index in [0.29, 0.717) is 16.9 Å². The van der Waals surface area contributed by atoms with Crippen molar-refractivity contribution in [3.63, 3.8) is 0 Å². The molecule has 0 amide bonds. The second kappa shape index (κ2) is 6.78. The average Bonchev–Trinajstić information content (AvgIpc) is 2.86. The number of hydrogen-bond acceptors (Lipinski definition) is 6. The third kappa shape index (κ3) is 3.33. The number of rotatable bonds is 6. The van der Waals surface area contributed by atoms with Gasteiger partial charge in [0.25, 0.3) is 0 Å². The number of aromatic nitrogens is 1. The lowest BCUT2D eigenvalue weighted by Gasteiger charge is -2.20. The predicted octanol–water partition coefficient (Wildman–Crippen LogP) is 3.12. The molecule has 6 nitrogen and oxygen atoms in total. The molecule has 1 aromatic rings. The Morgan fingerprint density at radius 2 is 2.30 bits per heavy atom. The molecule has 1 aliphatic rings. The van der Waals surface area contributed by atoms with Gasteiger partial charge in [-0.3, -0.25) is 10.1 Å². The molecule has 1 aromatic heterocycles. The van der Waals surface area contributed by atoms with E-state index in [1.54, 1.807) is 13.1 Å². The quantitative estimate of drug-likeness (QED) is 0.620. The second-order valence-electron chi connectivity index (χ2n) is 4.75. The summed E-state index contributed by atoms with van der Waals surface area (Å²) < 4.78 is 0. The molecule has 0 spiro atoms. The van der Waals surface area contributed by atoms with Crippen molar-refractivity contribution in [2.24, 2.45) is 0 Å². The Morgan fingerprint density at radius 3 is 2.95 bits per heavy atom. The summed E-state index contributed by atoms with van der Waals surface area (Å²) in [5, 5.41) is 17.8. The first-order valence-electron chi connectivity index (χ1n) is 6.87. The van der Waals surface area contributed by atoms with E-state index >= 15 is 0 Å². The van der Waals surface area contributed by atoms with E-state index in [1.165, 1.54) is 6.07 Å². The first-order valence-corrected chi connectivity index (χ1v) is 7.92. The molecule has 0 aromatic carbocycles. The van der Waals surface area contributed by atoms with Crippen LogP contribution in [-0.2, 0) is 0 Å². The second-order valence-corrected chi connectivity index (χ2v) is 6.26. The van der Waals surface area contributed by atoms with Gasteiger partial charge >= 0.3 is 5.69 Å². The number of hydrogen-bond donors (Lipinski definition) is 2. The van der Waals surface area contributed by atoms with Crippen LogP contribution in [0.3, 0.4) is 0 Å². The minimum absolute atomic E-state index is 0.0381. The van der Waals surface area contributed by atoms with E-state index < -0.39 is 0 Å². The highest BCUT2D eigenvalue weighted by Gasteiger charge is 2.29. The van der Waals surface area contributed by atoms with Gasteiger partial charge in [-0.1, -0.05) is 13.3 Å². The molecular formula is C13H20N4O2S. The van der Waals surface area contributed by atoms with E-state index in [4.69, 9.17) is 0 Å². The Bertz CT molecular complexity index is 483. The van der Waals surface area contributed by atoms with Crippen LogP contribution in [0.2, 0.25) is 0 Å². The zero-order chi connectivity index (χ0) is 14.5. The summed E-state index contributed by atoms with van der Waals surface area (Å²) in [6.45, 7) is 2.14. The molecule has 0 saturated heterocycles. The molecular weight excluding hydrogens is 276 g/mol. The van der Waals surface area contributed by atoms with Crippen LogP contribution < -0.4 is 10.6 Å². The van der Waals surface area contributed by atoms with E-state index in [1.807, 2.05) is 11.8 Å². The molecule has 7 heteroatoms. The van der Waals surface area contributed by atoms with Gasteiger partial charge in [0.15, 0.2) is 0 Å². The highest BCUT2D eigenvalue weighted by Crippen LogP contribution is 2.34. The largest absolute Gasteiger partial charge is 0.373 e. The molecule has 2 rings (SSSR count). The lowest BCUT2D eigenvalue weighted by Crippen LogP contribution is -2.27. The van der Waals surface area contributed by atoms with Crippen molar-refractivity contribution < 1.29 is 4.92 Å². The lowest BCUT2D eigenvalue weighted by molar-refractivity contribution is -0.384. The molecule has 110 valence electrons. The maximum Gasteiger partial charge on any atom is 0.311 e. The first kappa shape index (κ1) is 14.9. The number of anilines is 2. The van der Waals surface area contributed by atoms with Crippen molar-refractivity contribution in [2.45, 2.75) is 37.5 Å². The minimum atomic E-state index is -0.383. The molecule has 0 bridgehead atoms. The van der Waals surface area contributed by atoms with Crippen LogP contribution in [0.4, 0.5) is 17.3 Å². The SMILES string of the molecule is CCSC1CCCC1Nc1nc(NC)ccc1[N+](=O)[O-]. The fourth-order valence-electron chi connectivity index (χ4n) is 2.52. The van der Waals surface area contributed by atoms with Crippen LogP contribution in [0, 0.1) is 10.1 Å². The summed E-state index contributed by atoms with van der Waals surface area (Å²) in [6.07, 6.45) is 3.37. The lowest BCUT2D eigenvalue weighted by atomic mass is 10.2. The van der Waals surface area contributed by atoms with Crippen molar-refractivity contribution in [1.29, 1.82) is 0 Å². The molecule has 1 saturated carbocycles. The van der Waals surface area contributed by atoms with Crippen LogP contribution in [0.1, 0.15) is 26.2 Å². The zero-order valence-corrected chi connectivity index (χ0v) is 12.6. The van der Waals surface area contributed by atoms with Crippen LogP contribution in [0.5, 0.6) is 0 Å². The molecule has 1 aliphatic carbocycles. The molecule has 1 fully saturated rings. The highest BCUT2D eigenvalue weighted by molar-refractivity contribution is 7.99. The van der Waals surface area contributed by atoms with E-state index in [9.17, 15) is 10.1 Å². The van der Waals surface area contributed by atoms with Gasteiger partial charge in [-0.25, -0.2) is 4.98 Å². The van der Waals surface area contributed by atoms with Gasteiger partial charge in [-0.05, 0) is 24.7 Å². The smallest absolute Gasteiger partial charge is 0.311 e. The number of nitro groups is 1. The van der Waals surface area contributed by atoms with Gasteiger partial charge in [-0.2, -0.15) is 11.8 Å². The van der Waals surface area contributed by atoms with Crippen molar-refractivity contribution >= 4 is 29.1 Å². The van der Waals surface area contributed by atoms with Gasteiger partial charge < -0.3 is 10.6 Å². The zero-order valence-electron chi connectivity index (χ0n) is 11.8. The fraction of sp³-hybridized carbons (Fsp3) is 0.615. The molecule has 2 N–H and O–H groups in total. The Morgan fingerprint density at radius 1 is 1.50 bits per heavy atom. The molecule has 2 atom stereocenters. The third-order valence-corrected chi connectivity index (χ3v) is 4.81. The van der Waals surface area contributed by atoms with E-state index in [2.05, 4.69) is 22.5 Å².